The largest absolute Gasteiger partial charge is 0.357 e. The van der Waals surface area contributed by atoms with Gasteiger partial charge in [0.2, 0.25) is 10.0 Å². The first-order valence-electron chi connectivity index (χ1n) is 9.27. The van der Waals surface area contributed by atoms with Crippen molar-refractivity contribution >= 4 is 15.8 Å². The summed E-state index contributed by atoms with van der Waals surface area (Å²) in [5, 5.41) is 0. The van der Waals surface area contributed by atoms with E-state index in [9.17, 15) is 8.42 Å². The number of pyridine rings is 1. The van der Waals surface area contributed by atoms with Crippen molar-refractivity contribution in [2.45, 2.75) is 44.6 Å². The second-order valence-corrected chi connectivity index (χ2v) is 8.57. The molecule has 5 nitrogen and oxygen atoms in total. The zero-order chi connectivity index (χ0) is 18.7. The fourth-order valence-electron chi connectivity index (χ4n) is 3.64. The Morgan fingerprint density at radius 2 is 1.85 bits per heavy atom. The van der Waals surface area contributed by atoms with Crippen LogP contribution in [0.15, 0.2) is 47.5 Å². The maximum absolute atomic E-state index is 13.2. The summed E-state index contributed by atoms with van der Waals surface area (Å²) in [5.74, 6) is 0.897. The van der Waals surface area contributed by atoms with E-state index < -0.39 is 10.0 Å². The summed E-state index contributed by atoms with van der Waals surface area (Å²) in [7, 11) is -3.52. The van der Waals surface area contributed by atoms with Crippen molar-refractivity contribution in [3.8, 4) is 0 Å². The molecule has 0 amide bonds. The second-order valence-electron chi connectivity index (χ2n) is 6.68. The number of hydrogen-bond acceptors (Lipinski definition) is 4. The lowest BCUT2D eigenvalue weighted by Gasteiger charge is -2.29. The molecule has 3 rings (SSSR count). The summed E-state index contributed by atoms with van der Waals surface area (Å²) in [4.78, 5) is 7.12. The van der Waals surface area contributed by atoms with Crippen LogP contribution in [0.1, 0.15) is 43.9 Å². The predicted octanol–water partition coefficient (Wildman–Crippen LogP) is 3.76. The molecular weight excluding hydrogens is 346 g/mol. The number of nitrogens with zero attached hydrogens (tertiary/aromatic N) is 3. The molecule has 0 unspecified atom stereocenters. The van der Waals surface area contributed by atoms with Crippen molar-refractivity contribution in [2.75, 3.05) is 24.5 Å². The molecular formula is C20H27N3O2S. The van der Waals surface area contributed by atoms with Crippen LogP contribution in [-0.2, 0) is 10.0 Å². The van der Waals surface area contributed by atoms with Gasteiger partial charge in [-0.2, -0.15) is 4.31 Å². The zero-order valence-corrected chi connectivity index (χ0v) is 16.5. The summed E-state index contributed by atoms with van der Waals surface area (Å²) in [6.45, 7) is 8.39. The third kappa shape index (κ3) is 3.48. The molecule has 1 saturated heterocycles. The predicted molar refractivity (Wildman–Crippen MR) is 105 cm³/mol. The van der Waals surface area contributed by atoms with Crippen LogP contribution >= 0.6 is 0 Å². The first-order chi connectivity index (χ1) is 12.5. The van der Waals surface area contributed by atoms with Crippen molar-refractivity contribution < 1.29 is 8.42 Å². The van der Waals surface area contributed by atoms with E-state index in [1.165, 1.54) is 0 Å². The highest BCUT2D eigenvalue weighted by molar-refractivity contribution is 7.89. The third-order valence-corrected chi connectivity index (χ3v) is 6.99. The summed E-state index contributed by atoms with van der Waals surface area (Å²) in [5.41, 5.74) is 2.06. The van der Waals surface area contributed by atoms with Crippen molar-refractivity contribution in [1.29, 1.82) is 0 Å². The van der Waals surface area contributed by atoms with Gasteiger partial charge < -0.3 is 4.90 Å². The van der Waals surface area contributed by atoms with Crippen molar-refractivity contribution in [3.05, 3.63) is 53.7 Å². The molecule has 0 N–H and O–H groups in total. The van der Waals surface area contributed by atoms with Crippen molar-refractivity contribution in [2.24, 2.45) is 0 Å². The highest BCUT2D eigenvalue weighted by Crippen LogP contribution is 2.39. The summed E-state index contributed by atoms with van der Waals surface area (Å²) in [6.07, 6.45) is 3.47. The molecule has 1 aliphatic heterocycles. The van der Waals surface area contributed by atoms with E-state index in [1.807, 2.05) is 31.2 Å². The summed E-state index contributed by atoms with van der Waals surface area (Å²) >= 11 is 0. The van der Waals surface area contributed by atoms with Gasteiger partial charge in [0.05, 0.1) is 10.9 Å². The number of aromatic nitrogens is 1. The molecule has 1 aromatic carbocycles. The smallest absolute Gasteiger partial charge is 0.243 e. The van der Waals surface area contributed by atoms with Gasteiger partial charge in [-0.25, -0.2) is 13.4 Å². The van der Waals surface area contributed by atoms with Gasteiger partial charge in [0.1, 0.15) is 5.82 Å². The molecule has 0 spiro atoms. The van der Waals surface area contributed by atoms with Crippen LogP contribution in [0.4, 0.5) is 5.82 Å². The lowest BCUT2D eigenvalue weighted by atomic mass is 10.1. The van der Waals surface area contributed by atoms with E-state index in [0.717, 1.165) is 42.9 Å². The van der Waals surface area contributed by atoms with E-state index >= 15 is 0 Å². The Hall–Kier alpha value is -1.92. The van der Waals surface area contributed by atoms with Gasteiger partial charge in [0.25, 0.3) is 0 Å². The van der Waals surface area contributed by atoms with E-state index in [2.05, 4.69) is 23.7 Å². The molecule has 6 heteroatoms. The number of hydrogen-bond donors (Lipinski definition) is 0. The van der Waals surface area contributed by atoms with Crippen LogP contribution in [0.3, 0.4) is 0 Å². The quantitative estimate of drug-likeness (QED) is 0.774. The van der Waals surface area contributed by atoms with Crippen LogP contribution < -0.4 is 4.90 Å². The first-order valence-corrected chi connectivity index (χ1v) is 10.7. The maximum Gasteiger partial charge on any atom is 0.243 e. The third-order valence-electron chi connectivity index (χ3n) is 5.07. The van der Waals surface area contributed by atoms with Gasteiger partial charge in [-0.05, 0) is 51.8 Å². The zero-order valence-electron chi connectivity index (χ0n) is 15.7. The Morgan fingerprint density at radius 1 is 1.15 bits per heavy atom. The fraction of sp³-hybridized carbons (Fsp3) is 0.450. The minimum atomic E-state index is -3.52. The molecule has 26 heavy (non-hydrogen) atoms. The van der Waals surface area contributed by atoms with Crippen molar-refractivity contribution in [3.63, 3.8) is 0 Å². The molecule has 2 aromatic rings. The van der Waals surface area contributed by atoms with Gasteiger partial charge in [-0.1, -0.05) is 23.8 Å². The molecule has 140 valence electrons. The summed E-state index contributed by atoms with van der Waals surface area (Å²) < 4.78 is 28.1. The average Bonchev–Trinajstić information content (AvgIpc) is 3.14. The first kappa shape index (κ1) is 18.9. The monoisotopic (exact) mass is 373 g/mol. The highest BCUT2D eigenvalue weighted by atomic mass is 32.2. The van der Waals surface area contributed by atoms with Crippen LogP contribution in [0, 0.1) is 6.92 Å². The van der Waals surface area contributed by atoms with E-state index in [-0.39, 0.29) is 6.04 Å². The van der Waals surface area contributed by atoms with Gasteiger partial charge in [0.15, 0.2) is 0 Å². The Labute approximate surface area is 156 Å². The molecule has 1 aliphatic rings. The number of anilines is 1. The van der Waals surface area contributed by atoms with Crippen molar-refractivity contribution in [1.82, 2.24) is 9.29 Å². The number of aryl methyl sites for hydroxylation is 1. The number of sulfonamides is 1. The molecule has 0 saturated carbocycles. The SMILES string of the molecule is CCN(CC)c1ncccc1[C@@H]1CCCN1S(=O)(=O)c1ccc(C)cc1. The Morgan fingerprint density at radius 3 is 2.50 bits per heavy atom. The Kier molecular flexibility index (Phi) is 5.63. The molecule has 0 radical (unpaired) electrons. The summed E-state index contributed by atoms with van der Waals surface area (Å²) in [6, 6.07) is 10.9. The standard InChI is InChI=1S/C20H27N3O2S/c1-4-22(5-2)20-18(8-6-14-21-20)19-9-7-15-23(19)26(24,25)17-12-10-16(3)11-13-17/h6,8,10-14,19H,4-5,7,9,15H2,1-3H3/t19-/m0/s1. The molecule has 2 heterocycles. The van der Waals surface area contributed by atoms with E-state index in [1.54, 1.807) is 22.6 Å². The lowest BCUT2D eigenvalue weighted by molar-refractivity contribution is 0.396. The molecule has 0 aliphatic carbocycles. The van der Waals surface area contributed by atoms with Crippen LogP contribution in [0.25, 0.3) is 0 Å². The van der Waals surface area contributed by atoms with Crippen LogP contribution in [0.5, 0.6) is 0 Å². The fourth-order valence-corrected chi connectivity index (χ4v) is 5.32. The minimum Gasteiger partial charge on any atom is -0.357 e. The Balaban J connectivity index is 2.00. The van der Waals surface area contributed by atoms with Gasteiger partial charge in [-0.15, -0.1) is 0 Å². The topological polar surface area (TPSA) is 53.5 Å². The van der Waals surface area contributed by atoms with Gasteiger partial charge >= 0.3 is 0 Å². The second kappa shape index (κ2) is 7.76. The van der Waals surface area contributed by atoms with Gasteiger partial charge in [-0.3, -0.25) is 0 Å². The molecule has 0 bridgehead atoms. The minimum absolute atomic E-state index is 0.161. The van der Waals surface area contributed by atoms with Gasteiger partial charge in [0, 0.05) is 31.4 Å². The van der Waals surface area contributed by atoms with Crippen LogP contribution in [0.2, 0.25) is 0 Å². The number of benzene rings is 1. The van der Waals surface area contributed by atoms with E-state index in [0.29, 0.717) is 11.4 Å². The normalized spacial score (nSPS) is 18.2. The highest BCUT2D eigenvalue weighted by Gasteiger charge is 2.37. The molecule has 1 atom stereocenters. The number of rotatable bonds is 6. The molecule has 1 aromatic heterocycles. The maximum atomic E-state index is 13.2. The molecule has 1 fully saturated rings. The van der Waals surface area contributed by atoms with E-state index in [4.69, 9.17) is 0 Å². The average molecular weight is 374 g/mol. The van der Waals surface area contributed by atoms with Crippen LogP contribution in [-0.4, -0.2) is 37.3 Å². The lowest BCUT2D eigenvalue weighted by Crippen LogP contribution is -2.32. The Bertz CT molecular complexity index is 846.